The molecule has 1 aromatic carbocycles. The molecule has 0 spiro atoms. The Morgan fingerprint density at radius 2 is 2.12 bits per heavy atom. The minimum absolute atomic E-state index is 0.00240. The molecule has 5 heteroatoms. The number of esters is 1. The van der Waals surface area contributed by atoms with Crippen molar-refractivity contribution < 1.29 is 18.7 Å². The van der Waals surface area contributed by atoms with Crippen LogP contribution in [-0.4, -0.2) is 18.7 Å². The van der Waals surface area contributed by atoms with Crippen LogP contribution in [0.25, 0.3) is 0 Å². The molecular formula is C12H16FNO3. The minimum Gasteiger partial charge on any atom is -0.491 e. The lowest BCUT2D eigenvalue weighted by Crippen LogP contribution is -2.14. The van der Waals surface area contributed by atoms with E-state index >= 15 is 0 Å². The average Bonchev–Trinajstić information content (AvgIpc) is 2.21. The molecule has 0 fully saturated rings. The highest BCUT2D eigenvalue weighted by Gasteiger charge is 2.17. The van der Waals surface area contributed by atoms with E-state index in [9.17, 15) is 9.18 Å². The first kappa shape index (κ1) is 13.3. The number of nitrogen functional groups attached to an aromatic ring is 1. The van der Waals surface area contributed by atoms with Gasteiger partial charge in [-0.1, -0.05) is 0 Å². The van der Waals surface area contributed by atoms with Crippen molar-refractivity contribution in [1.29, 1.82) is 0 Å². The quantitative estimate of drug-likeness (QED) is 0.649. The molecule has 0 aliphatic heterocycles. The first-order valence-corrected chi connectivity index (χ1v) is 5.38. The predicted molar refractivity (Wildman–Crippen MR) is 62.5 cm³/mol. The van der Waals surface area contributed by atoms with Crippen LogP contribution in [0.15, 0.2) is 12.1 Å². The van der Waals surface area contributed by atoms with Crippen molar-refractivity contribution in [1.82, 2.24) is 0 Å². The highest BCUT2D eigenvalue weighted by Crippen LogP contribution is 2.25. The molecule has 0 aromatic heterocycles. The van der Waals surface area contributed by atoms with Gasteiger partial charge in [-0.15, -0.1) is 0 Å². The first-order chi connectivity index (χ1) is 7.95. The molecular weight excluding hydrogens is 225 g/mol. The first-order valence-electron chi connectivity index (χ1n) is 5.38. The van der Waals surface area contributed by atoms with E-state index in [1.807, 2.05) is 0 Å². The number of benzene rings is 1. The minimum atomic E-state index is -0.592. The highest BCUT2D eigenvalue weighted by molar-refractivity contribution is 5.95. The number of carbonyl (C=O) groups excluding carboxylic acids is 1. The van der Waals surface area contributed by atoms with Crippen LogP contribution in [0, 0.1) is 5.82 Å². The molecule has 0 amide bonds. The van der Waals surface area contributed by atoms with E-state index in [0.29, 0.717) is 6.61 Å². The van der Waals surface area contributed by atoms with E-state index < -0.39 is 11.8 Å². The molecule has 1 rings (SSSR count). The third-order valence-corrected chi connectivity index (χ3v) is 1.97. The van der Waals surface area contributed by atoms with Gasteiger partial charge in [0.25, 0.3) is 0 Å². The molecule has 0 saturated carbocycles. The normalized spacial score (nSPS) is 10.4. The monoisotopic (exact) mass is 241 g/mol. The van der Waals surface area contributed by atoms with E-state index in [0.717, 1.165) is 6.07 Å². The summed E-state index contributed by atoms with van der Waals surface area (Å²) in [7, 11) is 0. The fourth-order valence-electron chi connectivity index (χ4n) is 1.29. The number of ether oxygens (including phenoxy) is 2. The fourth-order valence-corrected chi connectivity index (χ4v) is 1.29. The van der Waals surface area contributed by atoms with Gasteiger partial charge in [0, 0.05) is 11.8 Å². The van der Waals surface area contributed by atoms with Crippen molar-refractivity contribution in [2.75, 3.05) is 12.3 Å². The number of halogens is 1. The Morgan fingerprint density at radius 3 is 2.65 bits per heavy atom. The number of hydrogen-bond donors (Lipinski definition) is 1. The van der Waals surface area contributed by atoms with Gasteiger partial charge >= 0.3 is 5.97 Å². The zero-order valence-corrected chi connectivity index (χ0v) is 10.1. The van der Waals surface area contributed by atoms with Crippen molar-refractivity contribution in [3.05, 3.63) is 23.5 Å². The Bertz CT molecular complexity index is 418. The molecule has 0 heterocycles. The van der Waals surface area contributed by atoms with Gasteiger partial charge in [0.1, 0.15) is 0 Å². The standard InChI is InChI=1S/C12H16FNO3/c1-4-16-11-5-8(10(14)6-9(11)13)12(15)17-7(2)3/h5-7H,4,14H2,1-3H3. The molecule has 2 N–H and O–H groups in total. The zero-order chi connectivity index (χ0) is 13.0. The lowest BCUT2D eigenvalue weighted by molar-refractivity contribution is 0.0378. The molecule has 0 bridgehead atoms. The third kappa shape index (κ3) is 3.34. The van der Waals surface area contributed by atoms with Gasteiger partial charge in [0.2, 0.25) is 0 Å². The van der Waals surface area contributed by atoms with Crippen LogP contribution >= 0.6 is 0 Å². The largest absolute Gasteiger partial charge is 0.491 e. The fraction of sp³-hybridized carbons (Fsp3) is 0.417. The summed E-state index contributed by atoms with van der Waals surface area (Å²) in [6.07, 6.45) is -0.262. The van der Waals surface area contributed by atoms with Crippen LogP contribution in [0.4, 0.5) is 10.1 Å². The molecule has 0 unspecified atom stereocenters. The van der Waals surface area contributed by atoms with Gasteiger partial charge < -0.3 is 15.2 Å². The number of nitrogens with two attached hydrogens (primary N) is 1. The number of anilines is 1. The van der Waals surface area contributed by atoms with Crippen LogP contribution in [0.1, 0.15) is 31.1 Å². The van der Waals surface area contributed by atoms with Gasteiger partial charge in [-0.25, -0.2) is 9.18 Å². The summed E-state index contributed by atoms with van der Waals surface area (Å²) >= 11 is 0. The maximum Gasteiger partial charge on any atom is 0.340 e. The van der Waals surface area contributed by atoms with Crippen LogP contribution in [0.5, 0.6) is 5.75 Å². The van der Waals surface area contributed by atoms with Gasteiger partial charge in [0.15, 0.2) is 11.6 Å². The number of hydrogen-bond acceptors (Lipinski definition) is 4. The predicted octanol–water partition coefficient (Wildman–Crippen LogP) is 2.37. The second kappa shape index (κ2) is 5.52. The highest BCUT2D eigenvalue weighted by atomic mass is 19.1. The second-order valence-electron chi connectivity index (χ2n) is 3.76. The topological polar surface area (TPSA) is 61.5 Å². The molecule has 1 aromatic rings. The SMILES string of the molecule is CCOc1cc(C(=O)OC(C)C)c(N)cc1F. The summed E-state index contributed by atoms with van der Waals surface area (Å²) in [6.45, 7) is 5.48. The molecule has 0 saturated heterocycles. The summed E-state index contributed by atoms with van der Waals surface area (Å²) in [5.41, 5.74) is 5.72. The smallest absolute Gasteiger partial charge is 0.340 e. The number of rotatable bonds is 4. The van der Waals surface area contributed by atoms with E-state index in [2.05, 4.69) is 0 Å². The summed E-state index contributed by atoms with van der Waals surface area (Å²) < 4.78 is 23.4. The third-order valence-electron chi connectivity index (χ3n) is 1.97. The second-order valence-corrected chi connectivity index (χ2v) is 3.76. The van der Waals surface area contributed by atoms with Crippen molar-refractivity contribution >= 4 is 11.7 Å². The Morgan fingerprint density at radius 1 is 1.47 bits per heavy atom. The van der Waals surface area contributed by atoms with Crippen molar-refractivity contribution in [2.45, 2.75) is 26.9 Å². The van der Waals surface area contributed by atoms with Gasteiger partial charge in [0.05, 0.1) is 18.3 Å². The van der Waals surface area contributed by atoms with E-state index in [-0.39, 0.29) is 23.1 Å². The molecule has 17 heavy (non-hydrogen) atoms. The van der Waals surface area contributed by atoms with E-state index in [1.54, 1.807) is 20.8 Å². The lowest BCUT2D eigenvalue weighted by atomic mass is 10.1. The van der Waals surface area contributed by atoms with Crippen LogP contribution in [0.3, 0.4) is 0 Å². The summed E-state index contributed by atoms with van der Waals surface area (Å²) in [4.78, 5) is 11.7. The summed E-state index contributed by atoms with van der Waals surface area (Å²) in [6, 6.07) is 2.32. The Kier molecular flexibility index (Phi) is 4.31. The van der Waals surface area contributed by atoms with Crippen molar-refractivity contribution in [3.63, 3.8) is 0 Å². The van der Waals surface area contributed by atoms with Crippen molar-refractivity contribution in [2.24, 2.45) is 0 Å². The Labute approximate surface area is 99.5 Å². The Hall–Kier alpha value is -1.78. The van der Waals surface area contributed by atoms with Crippen molar-refractivity contribution in [3.8, 4) is 5.75 Å². The molecule has 0 aliphatic rings. The van der Waals surface area contributed by atoms with Gasteiger partial charge in [-0.3, -0.25) is 0 Å². The Balaban J connectivity index is 3.06. The van der Waals surface area contributed by atoms with Crippen LogP contribution in [0.2, 0.25) is 0 Å². The molecule has 0 atom stereocenters. The molecule has 94 valence electrons. The summed E-state index contributed by atoms with van der Waals surface area (Å²) in [5.74, 6) is -1.18. The van der Waals surface area contributed by atoms with E-state index in [1.165, 1.54) is 6.07 Å². The van der Waals surface area contributed by atoms with Crippen LogP contribution in [-0.2, 0) is 4.74 Å². The molecule has 0 aliphatic carbocycles. The zero-order valence-electron chi connectivity index (χ0n) is 10.1. The maximum absolute atomic E-state index is 13.4. The van der Waals surface area contributed by atoms with Gasteiger partial charge in [-0.2, -0.15) is 0 Å². The maximum atomic E-state index is 13.4. The van der Waals surface area contributed by atoms with Gasteiger partial charge in [-0.05, 0) is 26.8 Å². The molecule has 4 nitrogen and oxygen atoms in total. The average molecular weight is 241 g/mol. The lowest BCUT2D eigenvalue weighted by Gasteiger charge is -2.12. The number of carbonyl (C=O) groups is 1. The van der Waals surface area contributed by atoms with Crippen LogP contribution < -0.4 is 10.5 Å². The van der Waals surface area contributed by atoms with E-state index in [4.69, 9.17) is 15.2 Å². The summed E-state index contributed by atoms with van der Waals surface area (Å²) in [5, 5.41) is 0. The molecule has 0 radical (unpaired) electrons.